The van der Waals surface area contributed by atoms with Gasteiger partial charge in [0.15, 0.2) is 0 Å². The summed E-state index contributed by atoms with van der Waals surface area (Å²) in [4.78, 5) is 12.6. The quantitative estimate of drug-likeness (QED) is 0.874. The fraction of sp³-hybridized carbons (Fsp3) is 0.562. The first-order valence-corrected chi connectivity index (χ1v) is 7.56. The van der Waals surface area contributed by atoms with Crippen molar-refractivity contribution in [1.82, 2.24) is 5.32 Å². The molecule has 0 radical (unpaired) electrons. The second-order valence-corrected chi connectivity index (χ2v) is 5.77. The normalized spacial score (nSPS) is 17.2. The molecular weight excluding hydrogens is 329 g/mol. The highest BCUT2D eigenvalue weighted by Gasteiger charge is 2.42. The SMILES string of the molecule is Cl.NCCNC(=O)C1(c2cccc(C(F)(F)F)c2)CCCCC1. The molecule has 0 saturated heterocycles. The van der Waals surface area contributed by atoms with Crippen LogP contribution in [0.4, 0.5) is 13.2 Å². The van der Waals surface area contributed by atoms with Crippen LogP contribution in [0.15, 0.2) is 24.3 Å². The molecule has 1 aromatic rings. The molecule has 0 bridgehead atoms. The molecule has 23 heavy (non-hydrogen) atoms. The van der Waals surface area contributed by atoms with Crippen LogP contribution >= 0.6 is 12.4 Å². The van der Waals surface area contributed by atoms with E-state index in [-0.39, 0.29) is 18.3 Å². The predicted molar refractivity (Wildman–Crippen MR) is 85.5 cm³/mol. The third-order valence-electron chi connectivity index (χ3n) is 4.31. The Balaban J connectivity index is 0.00000264. The number of rotatable bonds is 4. The number of hydrogen-bond acceptors (Lipinski definition) is 2. The van der Waals surface area contributed by atoms with Gasteiger partial charge in [-0.15, -0.1) is 12.4 Å². The Morgan fingerprint density at radius 1 is 1.22 bits per heavy atom. The minimum Gasteiger partial charge on any atom is -0.354 e. The maximum absolute atomic E-state index is 12.9. The molecule has 0 aromatic heterocycles. The minimum absolute atomic E-state index is 0. The van der Waals surface area contributed by atoms with Crippen molar-refractivity contribution >= 4 is 18.3 Å². The summed E-state index contributed by atoms with van der Waals surface area (Å²) < 4.78 is 38.8. The van der Waals surface area contributed by atoms with Gasteiger partial charge in [-0.25, -0.2) is 0 Å². The molecule has 1 fully saturated rings. The van der Waals surface area contributed by atoms with Gasteiger partial charge in [-0.05, 0) is 24.5 Å². The fourth-order valence-electron chi connectivity index (χ4n) is 3.15. The first-order chi connectivity index (χ1) is 10.4. The highest BCUT2D eigenvalue weighted by atomic mass is 35.5. The molecule has 0 spiro atoms. The number of nitrogens with two attached hydrogens (primary N) is 1. The van der Waals surface area contributed by atoms with Gasteiger partial charge in [0.1, 0.15) is 0 Å². The van der Waals surface area contributed by atoms with E-state index in [1.165, 1.54) is 6.07 Å². The van der Waals surface area contributed by atoms with E-state index in [0.717, 1.165) is 31.4 Å². The Bertz CT molecular complexity index is 528. The number of hydrogen-bond donors (Lipinski definition) is 2. The van der Waals surface area contributed by atoms with Gasteiger partial charge in [-0.2, -0.15) is 13.2 Å². The van der Waals surface area contributed by atoms with Crippen molar-refractivity contribution in [3.63, 3.8) is 0 Å². The number of amides is 1. The van der Waals surface area contributed by atoms with E-state index in [2.05, 4.69) is 5.32 Å². The molecule has 1 amide bonds. The van der Waals surface area contributed by atoms with Crippen LogP contribution in [0.1, 0.15) is 43.2 Å². The molecule has 3 N–H and O–H groups in total. The second-order valence-electron chi connectivity index (χ2n) is 5.77. The van der Waals surface area contributed by atoms with Crippen molar-refractivity contribution in [3.05, 3.63) is 35.4 Å². The lowest BCUT2D eigenvalue weighted by atomic mass is 9.68. The molecule has 1 aromatic carbocycles. The molecule has 1 aliphatic carbocycles. The van der Waals surface area contributed by atoms with Crippen LogP contribution in [0, 0.1) is 0 Å². The van der Waals surface area contributed by atoms with Crippen molar-refractivity contribution in [2.45, 2.75) is 43.7 Å². The number of halogens is 4. The molecule has 130 valence electrons. The number of carbonyl (C=O) groups is 1. The summed E-state index contributed by atoms with van der Waals surface area (Å²) in [7, 11) is 0. The fourth-order valence-corrected chi connectivity index (χ4v) is 3.15. The van der Waals surface area contributed by atoms with Crippen LogP contribution in [0.2, 0.25) is 0 Å². The lowest BCUT2D eigenvalue weighted by Crippen LogP contribution is -2.47. The summed E-state index contributed by atoms with van der Waals surface area (Å²) in [6.45, 7) is 0.643. The smallest absolute Gasteiger partial charge is 0.354 e. The van der Waals surface area contributed by atoms with Gasteiger partial charge in [0.2, 0.25) is 5.91 Å². The Labute approximate surface area is 140 Å². The zero-order chi connectivity index (χ0) is 16.2. The zero-order valence-electron chi connectivity index (χ0n) is 12.8. The average Bonchev–Trinajstić information content (AvgIpc) is 2.52. The van der Waals surface area contributed by atoms with Crippen LogP contribution in [-0.2, 0) is 16.4 Å². The molecule has 0 unspecified atom stereocenters. The second kappa shape index (κ2) is 8.02. The molecule has 0 aliphatic heterocycles. The van der Waals surface area contributed by atoms with E-state index in [9.17, 15) is 18.0 Å². The maximum Gasteiger partial charge on any atom is 0.416 e. The lowest BCUT2D eigenvalue weighted by Gasteiger charge is -2.36. The molecular formula is C16H22ClF3N2O. The molecule has 7 heteroatoms. The number of alkyl halides is 3. The zero-order valence-corrected chi connectivity index (χ0v) is 13.6. The summed E-state index contributed by atoms with van der Waals surface area (Å²) in [6, 6.07) is 5.17. The number of nitrogens with one attached hydrogen (secondary N) is 1. The Morgan fingerprint density at radius 3 is 2.43 bits per heavy atom. The van der Waals surface area contributed by atoms with Gasteiger partial charge in [-0.1, -0.05) is 37.5 Å². The van der Waals surface area contributed by atoms with E-state index in [1.54, 1.807) is 6.07 Å². The Kier molecular flexibility index (Phi) is 6.89. The Hall–Kier alpha value is -1.27. The first-order valence-electron chi connectivity index (χ1n) is 7.56. The minimum atomic E-state index is -4.40. The highest BCUT2D eigenvalue weighted by Crippen LogP contribution is 2.41. The van der Waals surface area contributed by atoms with Crippen molar-refractivity contribution in [2.24, 2.45) is 5.73 Å². The maximum atomic E-state index is 12.9. The van der Waals surface area contributed by atoms with E-state index in [1.807, 2.05) is 0 Å². The molecule has 2 rings (SSSR count). The summed E-state index contributed by atoms with van der Waals surface area (Å²) in [5, 5.41) is 2.75. The van der Waals surface area contributed by atoms with Crippen LogP contribution in [-0.4, -0.2) is 19.0 Å². The van der Waals surface area contributed by atoms with Crippen LogP contribution in [0.25, 0.3) is 0 Å². The number of benzene rings is 1. The first kappa shape index (κ1) is 19.8. The topological polar surface area (TPSA) is 55.1 Å². The van der Waals surface area contributed by atoms with Gasteiger partial charge in [-0.3, -0.25) is 4.79 Å². The van der Waals surface area contributed by atoms with Crippen molar-refractivity contribution in [1.29, 1.82) is 0 Å². The molecule has 1 aliphatic rings. The van der Waals surface area contributed by atoms with Gasteiger partial charge in [0.25, 0.3) is 0 Å². The van der Waals surface area contributed by atoms with E-state index in [4.69, 9.17) is 5.73 Å². The molecule has 1 saturated carbocycles. The van der Waals surface area contributed by atoms with E-state index < -0.39 is 17.2 Å². The monoisotopic (exact) mass is 350 g/mol. The highest BCUT2D eigenvalue weighted by molar-refractivity contribution is 5.88. The van der Waals surface area contributed by atoms with Crippen molar-refractivity contribution < 1.29 is 18.0 Å². The van der Waals surface area contributed by atoms with Gasteiger partial charge >= 0.3 is 6.18 Å². The molecule has 3 nitrogen and oxygen atoms in total. The summed E-state index contributed by atoms with van der Waals surface area (Å²) >= 11 is 0. The third-order valence-corrected chi connectivity index (χ3v) is 4.31. The predicted octanol–water partition coefficient (Wildman–Crippen LogP) is 3.40. The van der Waals surface area contributed by atoms with Crippen molar-refractivity contribution in [3.8, 4) is 0 Å². The van der Waals surface area contributed by atoms with Gasteiger partial charge in [0.05, 0.1) is 11.0 Å². The van der Waals surface area contributed by atoms with Crippen LogP contribution in [0.5, 0.6) is 0 Å². The van der Waals surface area contributed by atoms with Crippen LogP contribution < -0.4 is 11.1 Å². The standard InChI is InChI=1S/C16H21F3N2O.ClH/c17-16(18,19)13-6-4-5-12(11-13)15(7-2-1-3-8-15)14(22)21-10-9-20;/h4-6,11H,1-3,7-10,20H2,(H,21,22);1H. The summed E-state index contributed by atoms with van der Waals surface area (Å²) in [5.74, 6) is -0.211. The summed E-state index contributed by atoms with van der Waals surface area (Å²) in [6.07, 6.45) is -0.571. The lowest BCUT2D eigenvalue weighted by molar-refractivity contribution is -0.138. The molecule has 0 heterocycles. The third kappa shape index (κ3) is 4.38. The molecule has 0 atom stereocenters. The van der Waals surface area contributed by atoms with Crippen LogP contribution in [0.3, 0.4) is 0 Å². The van der Waals surface area contributed by atoms with E-state index in [0.29, 0.717) is 31.5 Å². The largest absolute Gasteiger partial charge is 0.416 e. The Morgan fingerprint density at radius 2 is 1.87 bits per heavy atom. The summed E-state index contributed by atoms with van der Waals surface area (Å²) in [5.41, 5.74) is 4.29. The van der Waals surface area contributed by atoms with Crippen molar-refractivity contribution in [2.75, 3.05) is 13.1 Å². The van der Waals surface area contributed by atoms with E-state index >= 15 is 0 Å². The van der Waals surface area contributed by atoms with Gasteiger partial charge in [0, 0.05) is 13.1 Å². The average molecular weight is 351 g/mol. The van der Waals surface area contributed by atoms with Gasteiger partial charge < -0.3 is 11.1 Å². The number of carbonyl (C=O) groups excluding carboxylic acids is 1.